The van der Waals surface area contributed by atoms with E-state index in [2.05, 4.69) is 29.4 Å². The molecular weight excluding hydrogens is 274 g/mol. The van der Waals surface area contributed by atoms with Crippen LogP contribution in [0.15, 0.2) is 42.6 Å². The highest BCUT2D eigenvalue weighted by Crippen LogP contribution is 2.17. The number of hydrogen-bond acceptors (Lipinski definition) is 3. The molecule has 1 saturated heterocycles. The van der Waals surface area contributed by atoms with Crippen molar-refractivity contribution in [3.63, 3.8) is 0 Å². The second-order valence-electron chi connectivity index (χ2n) is 5.78. The molecule has 0 saturated carbocycles. The molecule has 1 aromatic carbocycles. The van der Waals surface area contributed by atoms with Crippen LogP contribution in [0.1, 0.15) is 35.2 Å². The summed E-state index contributed by atoms with van der Waals surface area (Å²) in [4.78, 5) is 18.7. The molecule has 114 valence electrons. The van der Waals surface area contributed by atoms with Gasteiger partial charge in [-0.2, -0.15) is 0 Å². The summed E-state index contributed by atoms with van der Waals surface area (Å²) >= 11 is 0. The SMILES string of the molecule is Cc1ccc(Nc2ccc(C(=O)N3CCCCC3)cn2)cc1. The average molecular weight is 295 g/mol. The third-order valence-electron chi connectivity index (χ3n) is 3.98. The number of hydrogen-bond donors (Lipinski definition) is 1. The van der Waals surface area contributed by atoms with Gasteiger partial charge < -0.3 is 10.2 Å². The summed E-state index contributed by atoms with van der Waals surface area (Å²) in [7, 11) is 0. The van der Waals surface area contributed by atoms with E-state index in [-0.39, 0.29) is 5.91 Å². The van der Waals surface area contributed by atoms with Crippen LogP contribution in [0.2, 0.25) is 0 Å². The van der Waals surface area contributed by atoms with Crippen molar-refractivity contribution in [1.29, 1.82) is 0 Å². The largest absolute Gasteiger partial charge is 0.340 e. The molecule has 0 spiro atoms. The molecule has 0 unspecified atom stereocenters. The standard InChI is InChI=1S/C18H21N3O/c1-14-5-8-16(9-6-14)20-17-10-7-15(13-19-17)18(22)21-11-3-2-4-12-21/h5-10,13H,2-4,11-12H2,1H3,(H,19,20). The molecule has 3 rings (SSSR count). The Kier molecular flexibility index (Phi) is 4.37. The maximum atomic E-state index is 12.4. The van der Waals surface area contributed by atoms with E-state index < -0.39 is 0 Å². The van der Waals surface area contributed by atoms with E-state index in [0.29, 0.717) is 5.56 Å². The number of nitrogens with zero attached hydrogens (tertiary/aromatic N) is 2. The summed E-state index contributed by atoms with van der Waals surface area (Å²) in [5, 5.41) is 3.24. The lowest BCUT2D eigenvalue weighted by Crippen LogP contribution is -2.35. The lowest BCUT2D eigenvalue weighted by atomic mass is 10.1. The van der Waals surface area contributed by atoms with Crippen molar-refractivity contribution >= 4 is 17.4 Å². The lowest BCUT2D eigenvalue weighted by molar-refractivity contribution is 0.0724. The van der Waals surface area contributed by atoms with Gasteiger partial charge in [-0.25, -0.2) is 4.98 Å². The molecule has 0 aliphatic carbocycles. The highest BCUT2D eigenvalue weighted by molar-refractivity contribution is 5.94. The molecule has 2 heterocycles. The number of anilines is 2. The Balaban J connectivity index is 1.66. The zero-order valence-corrected chi connectivity index (χ0v) is 12.9. The number of rotatable bonds is 3. The number of amides is 1. The van der Waals surface area contributed by atoms with E-state index >= 15 is 0 Å². The second-order valence-corrected chi connectivity index (χ2v) is 5.78. The van der Waals surface area contributed by atoms with Gasteiger partial charge in [0.05, 0.1) is 5.56 Å². The molecular formula is C18H21N3O. The van der Waals surface area contributed by atoms with Gasteiger partial charge in [0.15, 0.2) is 0 Å². The Labute approximate surface area is 131 Å². The van der Waals surface area contributed by atoms with Crippen LogP contribution in [0.3, 0.4) is 0 Å². The molecule has 1 aliphatic heterocycles. The summed E-state index contributed by atoms with van der Waals surface area (Å²) < 4.78 is 0. The van der Waals surface area contributed by atoms with Gasteiger partial charge in [0.1, 0.15) is 5.82 Å². The molecule has 1 fully saturated rings. The Morgan fingerprint density at radius 2 is 1.77 bits per heavy atom. The van der Waals surface area contributed by atoms with Crippen molar-refractivity contribution in [2.75, 3.05) is 18.4 Å². The van der Waals surface area contributed by atoms with E-state index in [0.717, 1.165) is 37.4 Å². The zero-order chi connectivity index (χ0) is 15.4. The van der Waals surface area contributed by atoms with Crippen LogP contribution in [-0.2, 0) is 0 Å². The first-order valence-electron chi connectivity index (χ1n) is 7.81. The van der Waals surface area contributed by atoms with Crippen LogP contribution in [0.4, 0.5) is 11.5 Å². The van der Waals surface area contributed by atoms with E-state index in [1.165, 1.54) is 12.0 Å². The number of aryl methyl sites for hydroxylation is 1. The Bertz CT molecular complexity index is 628. The van der Waals surface area contributed by atoms with Crippen molar-refractivity contribution < 1.29 is 4.79 Å². The molecule has 1 aromatic heterocycles. The van der Waals surface area contributed by atoms with Crippen LogP contribution < -0.4 is 5.32 Å². The highest BCUT2D eigenvalue weighted by Gasteiger charge is 2.18. The van der Waals surface area contributed by atoms with Crippen LogP contribution in [-0.4, -0.2) is 28.9 Å². The molecule has 0 bridgehead atoms. The quantitative estimate of drug-likeness (QED) is 0.937. The van der Waals surface area contributed by atoms with Gasteiger partial charge in [-0.1, -0.05) is 17.7 Å². The van der Waals surface area contributed by atoms with Gasteiger partial charge in [0.25, 0.3) is 5.91 Å². The van der Waals surface area contributed by atoms with Gasteiger partial charge in [-0.3, -0.25) is 4.79 Å². The number of likely N-dealkylation sites (tertiary alicyclic amines) is 1. The first-order valence-corrected chi connectivity index (χ1v) is 7.81. The zero-order valence-electron chi connectivity index (χ0n) is 12.9. The first kappa shape index (κ1) is 14.6. The van der Waals surface area contributed by atoms with Crippen molar-refractivity contribution in [3.8, 4) is 0 Å². The summed E-state index contributed by atoms with van der Waals surface area (Å²) in [5.41, 5.74) is 2.88. The number of carbonyl (C=O) groups is 1. The minimum atomic E-state index is 0.0917. The fourth-order valence-corrected chi connectivity index (χ4v) is 2.66. The fourth-order valence-electron chi connectivity index (χ4n) is 2.66. The normalized spacial score (nSPS) is 14.7. The molecule has 4 nitrogen and oxygen atoms in total. The number of carbonyl (C=O) groups excluding carboxylic acids is 1. The van der Waals surface area contributed by atoms with Crippen molar-refractivity contribution in [2.24, 2.45) is 0 Å². The molecule has 1 N–H and O–H groups in total. The van der Waals surface area contributed by atoms with Gasteiger partial charge >= 0.3 is 0 Å². The molecule has 1 amide bonds. The topological polar surface area (TPSA) is 45.2 Å². The Hall–Kier alpha value is -2.36. The number of benzene rings is 1. The Morgan fingerprint density at radius 3 is 2.41 bits per heavy atom. The summed E-state index contributed by atoms with van der Waals surface area (Å²) in [6.45, 7) is 3.79. The summed E-state index contributed by atoms with van der Waals surface area (Å²) in [6.07, 6.45) is 5.09. The van der Waals surface area contributed by atoms with Gasteiger partial charge in [-0.05, 0) is 50.5 Å². The monoisotopic (exact) mass is 295 g/mol. The third kappa shape index (κ3) is 3.45. The van der Waals surface area contributed by atoms with Crippen LogP contribution in [0, 0.1) is 6.92 Å². The molecule has 0 atom stereocenters. The van der Waals surface area contributed by atoms with Gasteiger partial charge in [-0.15, -0.1) is 0 Å². The van der Waals surface area contributed by atoms with Crippen LogP contribution >= 0.6 is 0 Å². The number of aromatic nitrogens is 1. The highest BCUT2D eigenvalue weighted by atomic mass is 16.2. The molecule has 22 heavy (non-hydrogen) atoms. The third-order valence-corrected chi connectivity index (χ3v) is 3.98. The summed E-state index contributed by atoms with van der Waals surface area (Å²) in [6, 6.07) is 11.8. The predicted molar refractivity (Wildman–Crippen MR) is 88.5 cm³/mol. The van der Waals surface area contributed by atoms with Crippen molar-refractivity contribution in [2.45, 2.75) is 26.2 Å². The number of nitrogens with one attached hydrogen (secondary N) is 1. The van der Waals surface area contributed by atoms with E-state index in [1.807, 2.05) is 29.2 Å². The number of piperidine rings is 1. The van der Waals surface area contributed by atoms with Crippen molar-refractivity contribution in [3.05, 3.63) is 53.7 Å². The minimum Gasteiger partial charge on any atom is -0.340 e. The smallest absolute Gasteiger partial charge is 0.255 e. The van der Waals surface area contributed by atoms with Gasteiger partial charge in [0, 0.05) is 25.0 Å². The predicted octanol–water partition coefficient (Wildman–Crippen LogP) is 3.76. The molecule has 2 aromatic rings. The van der Waals surface area contributed by atoms with E-state index in [1.54, 1.807) is 6.20 Å². The Morgan fingerprint density at radius 1 is 1.05 bits per heavy atom. The number of pyridine rings is 1. The van der Waals surface area contributed by atoms with Gasteiger partial charge in [0.2, 0.25) is 0 Å². The van der Waals surface area contributed by atoms with Crippen LogP contribution in [0.25, 0.3) is 0 Å². The second kappa shape index (κ2) is 6.60. The lowest BCUT2D eigenvalue weighted by Gasteiger charge is -2.26. The van der Waals surface area contributed by atoms with E-state index in [4.69, 9.17) is 0 Å². The summed E-state index contributed by atoms with van der Waals surface area (Å²) in [5.74, 6) is 0.841. The molecule has 0 radical (unpaired) electrons. The maximum absolute atomic E-state index is 12.4. The van der Waals surface area contributed by atoms with Crippen LogP contribution in [0.5, 0.6) is 0 Å². The first-order chi connectivity index (χ1) is 10.7. The fraction of sp³-hybridized carbons (Fsp3) is 0.333. The molecule has 1 aliphatic rings. The van der Waals surface area contributed by atoms with E-state index in [9.17, 15) is 4.79 Å². The minimum absolute atomic E-state index is 0.0917. The molecule has 4 heteroatoms. The average Bonchev–Trinajstić information content (AvgIpc) is 2.58. The maximum Gasteiger partial charge on any atom is 0.255 e. The van der Waals surface area contributed by atoms with Crippen molar-refractivity contribution in [1.82, 2.24) is 9.88 Å².